The van der Waals surface area contributed by atoms with E-state index in [2.05, 4.69) is 17.3 Å². The predicted molar refractivity (Wildman–Crippen MR) is 45.5 cm³/mol. The van der Waals surface area contributed by atoms with E-state index in [1.165, 1.54) is 0 Å². The molecular formula is C8H18N2O. The summed E-state index contributed by atoms with van der Waals surface area (Å²) in [6.45, 7) is 2.90. The first-order valence-corrected chi connectivity index (χ1v) is 4.25. The summed E-state index contributed by atoms with van der Waals surface area (Å²) in [5.74, 6) is 0.479. The number of aliphatic hydroxyl groups is 1. The van der Waals surface area contributed by atoms with Gasteiger partial charge in [-0.2, -0.15) is 0 Å². The van der Waals surface area contributed by atoms with Gasteiger partial charge in [-0.1, -0.05) is 0 Å². The lowest BCUT2D eigenvalue weighted by atomic mass is 10.0. The van der Waals surface area contributed by atoms with Crippen LogP contribution < -0.4 is 5.32 Å². The Morgan fingerprint density at radius 1 is 1.55 bits per heavy atom. The highest BCUT2D eigenvalue weighted by Crippen LogP contribution is 2.17. The Morgan fingerprint density at radius 2 is 2.27 bits per heavy atom. The number of aliphatic hydroxyl groups excluding tert-OH is 1. The highest BCUT2D eigenvalue weighted by Gasteiger charge is 2.27. The molecular weight excluding hydrogens is 140 g/mol. The maximum atomic E-state index is 9.52. The van der Waals surface area contributed by atoms with Crippen LogP contribution in [0.2, 0.25) is 0 Å². The molecule has 0 radical (unpaired) electrons. The zero-order valence-electron chi connectivity index (χ0n) is 7.38. The van der Waals surface area contributed by atoms with Crippen LogP contribution in [0.4, 0.5) is 0 Å². The van der Waals surface area contributed by atoms with Crippen LogP contribution in [0.1, 0.15) is 6.42 Å². The third kappa shape index (κ3) is 2.43. The molecule has 1 rings (SSSR count). The molecule has 1 aliphatic rings. The van der Waals surface area contributed by atoms with Gasteiger partial charge < -0.3 is 15.3 Å². The van der Waals surface area contributed by atoms with Gasteiger partial charge >= 0.3 is 0 Å². The normalized spacial score (nSPS) is 33.0. The first-order chi connectivity index (χ1) is 5.24. The summed E-state index contributed by atoms with van der Waals surface area (Å²) >= 11 is 0. The lowest BCUT2D eigenvalue weighted by molar-refractivity contribution is 0.139. The summed E-state index contributed by atoms with van der Waals surface area (Å²) in [6, 6.07) is 0. The summed E-state index contributed by atoms with van der Waals surface area (Å²) in [7, 11) is 4.01. The topological polar surface area (TPSA) is 35.5 Å². The van der Waals surface area contributed by atoms with Gasteiger partial charge in [0.2, 0.25) is 0 Å². The number of rotatable bonds is 3. The quantitative estimate of drug-likeness (QED) is 0.582. The maximum absolute atomic E-state index is 9.52. The van der Waals surface area contributed by atoms with Crippen molar-refractivity contribution in [3.05, 3.63) is 0 Å². The summed E-state index contributed by atoms with van der Waals surface area (Å²) in [5, 5.41) is 12.6. The molecule has 11 heavy (non-hydrogen) atoms. The Kier molecular flexibility index (Phi) is 3.30. The fourth-order valence-corrected chi connectivity index (χ4v) is 1.68. The van der Waals surface area contributed by atoms with Gasteiger partial charge in [0.1, 0.15) is 0 Å². The molecule has 1 aliphatic heterocycles. The van der Waals surface area contributed by atoms with Crippen LogP contribution in [-0.4, -0.2) is 49.8 Å². The van der Waals surface area contributed by atoms with Crippen LogP contribution in [-0.2, 0) is 0 Å². The molecule has 1 fully saturated rings. The van der Waals surface area contributed by atoms with Crippen LogP contribution in [0.25, 0.3) is 0 Å². The molecule has 0 saturated carbocycles. The van der Waals surface area contributed by atoms with Crippen molar-refractivity contribution in [2.24, 2.45) is 5.92 Å². The molecule has 0 amide bonds. The summed E-state index contributed by atoms with van der Waals surface area (Å²) in [5.41, 5.74) is 0. The molecule has 2 atom stereocenters. The van der Waals surface area contributed by atoms with Crippen molar-refractivity contribution in [1.82, 2.24) is 10.2 Å². The SMILES string of the molecule is CNCCC1CN(C)CC1O. The van der Waals surface area contributed by atoms with Crippen LogP contribution in [0.15, 0.2) is 0 Å². The van der Waals surface area contributed by atoms with Crippen molar-refractivity contribution in [2.75, 3.05) is 33.7 Å². The fourth-order valence-electron chi connectivity index (χ4n) is 1.68. The molecule has 1 heterocycles. The van der Waals surface area contributed by atoms with E-state index < -0.39 is 0 Å². The molecule has 2 unspecified atom stereocenters. The summed E-state index contributed by atoms with van der Waals surface area (Å²) < 4.78 is 0. The minimum atomic E-state index is -0.103. The van der Waals surface area contributed by atoms with Crippen molar-refractivity contribution in [3.63, 3.8) is 0 Å². The van der Waals surface area contributed by atoms with E-state index >= 15 is 0 Å². The van der Waals surface area contributed by atoms with Crippen LogP contribution in [0.3, 0.4) is 0 Å². The Morgan fingerprint density at radius 3 is 2.73 bits per heavy atom. The molecule has 0 bridgehead atoms. The van der Waals surface area contributed by atoms with Crippen LogP contribution >= 0.6 is 0 Å². The molecule has 0 aromatic rings. The first kappa shape index (κ1) is 8.97. The zero-order valence-corrected chi connectivity index (χ0v) is 7.38. The van der Waals surface area contributed by atoms with Gasteiger partial charge in [-0.05, 0) is 33.0 Å². The predicted octanol–water partition coefficient (Wildman–Crippen LogP) is -0.482. The second kappa shape index (κ2) is 4.04. The Balaban J connectivity index is 2.23. The number of nitrogens with one attached hydrogen (secondary N) is 1. The van der Waals surface area contributed by atoms with Gasteiger partial charge in [0.15, 0.2) is 0 Å². The van der Waals surface area contributed by atoms with Gasteiger partial charge in [-0.3, -0.25) is 0 Å². The van der Waals surface area contributed by atoms with Crippen molar-refractivity contribution in [2.45, 2.75) is 12.5 Å². The zero-order chi connectivity index (χ0) is 8.27. The summed E-state index contributed by atoms with van der Waals surface area (Å²) in [6.07, 6.45) is 0.982. The molecule has 66 valence electrons. The van der Waals surface area contributed by atoms with E-state index in [1.54, 1.807) is 0 Å². The number of nitrogens with zero attached hydrogens (tertiary/aromatic N) is 1. The minimum absolute atomic E-state index is 0.103. The van der Waals surface area contributed by atoms with Crippen molar-refractivity contribution >= 4 is 0 Å². The molecule has 0 spiro atoms. The molecule has 2 N–H and O–H groups in total. The third-order valence-electron chi connectivity index (χ3n) is 2.35. The van der Waals surface area contributed by atoms with E-state index in [0.717, 1.165) is 26.1 Å². The van der Waals surface area contributed by atoms with E-state index in [-0.39, 0.29) is 6.10 Å². The van der Waals surface area contributed by atoms with Crippen LogP contribution in [0.5, 0.6) is 0 Å². The number of likely N-dealkylation sites (tertiary alicyclic amines) is 1. The molecule has 0 aliphatic carbocycles. The number of β-amino-alcohol motifs (C(OH)–C–C–N with tert-alkyl or cyclic N) is 1. The second-order valence-corrected chi connectivity index (χ2v) is 3.44. The van der Waals surface area contributed by atoms with Gasteiger partial charge in [0.05, 0.1) is 6.10 Å². The third-order valence-corrected chi connectivity index (χ3v) is 2.35. The average Bonchev–Trinajstić information content (AvgIpc) is 2.26. The Bertz CT molecular complexity index is 119. The smallest absolute Gasteiger partial charge is 0.0707 e. The highest BCUT2D eigenvalue weighted by atomic mass is 16.3. The molecule has 0 aromatic carbocycles. The molecule has 0 aromatic heterocycles. The maximum Gasteiger partial charge on any atom is 0.0707 e. The van der Waals surface area contributed by atoms with E-state index in [9.17, 15) is 5.11 Å². The van der Waals surface area contributed by atoms with Gasteiger partial charge in [-0.25, -0.2) is 0 Å². The standard InChI is InChI=1S/C8H18N2O/c1-9-4-3-7-5-10(2)6-8(7)11/h7-9,11H,3-6H2,1-2H3. The lowest BCUT2D eigenvalue weighted by Crippen LogP contribution is -2.22. The Hall–Kier alpha value is -0.120. The van der Waals surface area contributed by atoms with E-state index in [4.69, 9.17) is 0 Å². The van der Waals surface area contributed by atoms with Crippen molar-refractivity contribution in [3.8, 4) is 0 Å². The first-order valence-electron chi connectivity index (χ1n) is 4.25. The second-order valence-electron chi connectivity index (χ2n) is 3.44. The average molecular weight is 158 g/mol. The summed E-state index contributed by atoms with van der Waals surface area (Å²) in [4.78, 5) is 2.19. The Labute approximate surface area is 68.4 Å². The largest absolute Gasteiger partial charge is 0.391 e. The van der Waals surface area contributed by atoms with E-state index in [1.807, 2.05) is 7.05 Å². The van der Waals surface area contributed by atoms with Gasteiger partial charge in [-0.15, -0.1) is 0 Å². The fraction of sp³-hybridized carbons (Fsp3) is 1.00. The molecule has 3 heteroatoms. The van der Waals surface area contributed by atoms with Gasteiger partial charge in [0, 0.05) is 13.1 Å². The van der Waals surface area contributed by atoms with Crippen LogP contribution in [0, 0.1) is 5.92 Å². The van der Waals surface area contributed by atoms with E-state index in [0.29, 0.717) is 5.92 Å². The lowest BCUT2D eigenvalue weighted by Gasteiger charge is -2.11. The van der Waals surface area contributed by atoms with Gasteiger partial charge in [0.25, 0.3) is 0 Å². The monoisotopic (exact) mass is 158 g/mol. The highest BCUT2D eigenvalue weighted by molar-refractivity contribution is 4.81. The number of hydrogen-bond donors (Lipinski definition) is 2. The molecule has 3 nitrogen and oxygen atoms in total. The number of hydrogen-bond acceptors (Lipinski definition) is 3. The molecule has 1 saturated heterocycles. The number of likely N-dealkylation sites (N-methyl/N-ethyl adjacent to an activating group) is 1. The van der Waals surface area contributed by atoms with Crippen molar-refractivity contribution in [1.29, 1.82) is 0 Å². The van der Waals surface area contributed by atoms with Crippen molar-refractivity contribution < 1.29 is 5.11 Å². The minimum Gasteiger partial charge on any atom is -0.391 e.